The number of hydrogen-bond acceptors (Lipinski definition) is 3. The zero-order valence-electron chi connectivity index (χ0n) is 8.84. The maximum Gasteiger partial charge on any atom is 0.326 e. The predicted octanol–water partition coefficient (Wildman–Crippen LogP) is 1.74. The van der Waals surface area contributed by atoms with Gasteiger partial charge in [0, 0.05) is 11.0 Å². The molecule has 0 aliphatic carbocycles. The van der Waals surface area contributed by atoms with Crippen LogP contribution in [0, 0.1) is 0 Å². The number of rotatable bonds is 5. The molecule has 0 aliphatic heterocycles. The molecular weight excluding hydrogens is 226 g/mol. The lowest BCUT2D eigenvalue weighted by molar-refractivity contribution is -0.141. The third-order valence-electron chi connectivity index (χ3n) is 1.96. The Bertz CT molecular complexity index is 384. The summed E-state index contributed by atoms with van der Waals surface area (Å²) < 4.78 is 0. The molecule has 1 amide bonds. The SMILES string of the molecule is CC[C@@H](NC(=O)C=Cc1cccs1)C(=O)O. The molecule has 4 nitrogen and oxygen atoms in total. The van der Waals surface area contributed by atoms with Crippen molar-refractivity contribution in [3.63, 3.8) is 0 Å². The molecule has 16 heavy (non-hydrogen) atoms. The van der Waals surface area contributed by atoms with Crippen molar-refractivity contribution in [1.29, 1.82) is 0 Å². The van der Waals surface area contributed by atoms with Crippen molar-refractivity contribution in [3.05, 3.63) is 28.5 Å². The van der Waals surface area contributed by atoms with Crippen LogP contribution in [0.1, 0.15) is 18.2 Å². The third kappa shape index (κ3) is 3.86. The molecule has 0 spiro atoms. The maximum atomic E-state index is 11.4. The van der Waals surface area contributed by atoms with E-state index in [2.05, 4.69) is 5.32 Å². The van der Waals surface area contributed by atoms with Crippen molar-refractivity contribution in [2.45, 2.75) is 19.4 Å². The van der Waals surface area contributed by atoms with E-state index in [4.69, 9.17) is 5.11 Å². The van der Waals surface area contributed by atoms with Crippen molar-refractivity contribution in [3.8, 4) is 0 Å². The number of carboxylic acid groups (broad SMARTS) is 1. The predicted molar refractivity (Wildman–Crippen MR) is 63.2 cm³/mol. The summed E-state index contributed by atoms with van der Waals surface area (Å²) in [6.07, 6.45) is 3.37. The summed E-state index contributed by atoms with van der Waals surface area (Å²) in [7, 11) is 0. The van der Waals surface area contributed by atoms with Crippen LogP contribution in [0.2, 0.25) is 0 Å². The van der Waals surface area contributed by atoms with Crippen molar-refractivity contribution in [2.75, 3.05) is 0 Å². The zero-order valence-corrected chi connectivity index (χ0v) is 9.66. The van der Waals surface area contributed by atoms with Gasteiger partial charge in [-0.05, 0) is 23.9 Å². The Morgan fingerprint density at radius 1 is 1.62 bits per heavy atom. The van der Waals surface area contributed by atoms with Gasteiger partial charge >= 0.3 is 5.97 Å². The summed E-state index contributed by atoms with van der Waals surface area (Å²) in [6, 6.07) is 2.94. The van der Waals surface area contributed by atoms with E-state index in [0.717, 1.165) is 4.88 Å². The number of amides is 1. The standard InChI is InChI=1S/C11H13NO3S/c1-2-9(11(14)15)12-10(13)6-5-8-4-3-7-16-8/h3-7,9H,2H2,1H3,(H,12,13)(H,14,15)/t9-/m1/s1. The van der Waals surface area contributed by atoms with Gasteiger partial charge in [0.15, 0.2) is 0 Å². The lowest BCUT2D eigenvalue weighted by Crippen LogP contribution is -2.39. The molecule has 86 valence electrons. The molecule has 0 unspecified atom stereocenters. The molecule has 1 atom stereocenters. The second-order valence-electron chi connectivity index (χ2n) is 3.16. The first kappa shape index (κ1) is 12.4. The molecule has 1 aromatic rings. The Balaban J connectivity index is 2.50. The van der Waals surface area contributed by atoms with E-state index in [1.165, 1.54) is 17.4 Å². The third-order valence-corrected chi connectivity index (χ3v) is 2.80. The molecule has 0 radical (unpaired) electrons. The highest BCUT2D eigenvalue weighted by molar-refractivity contribution is 7.10. The van der Waals surface area contributed by atoms with Crippen LogP contribution in [0.4, 0.5) is 0 Å². The van der Waals surface area contributed by atoms with Crippen LogP contribution < -0.4 is 5.32 Å². The van der Waals surface area contributed by atoms with Gasteiger partial charge in [0.1, 0.15) is 6.04 Å². The van der Waals surface area contributed by atoms with Crippen LogP contribution in [0.15, 0.2) is 23.6 Å². The minimum Gasteiger partial charge on any atom is -0.480 e. The van der Waals surface area contributed by atoms with E-state index < -0.39 is 12.0 Å². The van der Waals surface area contributed by atoms with Crippen molar-refractivity contribution >= 4 is 29.3 Å². The van der Waals surface area contributed by atoms with E-state index in [0.29, 0.717) is 6.42 Å². The molecule has 1 rings (SSSR count). The minimum absolute atomic E-state index is 0.369. The van der Waals surface area contributed by atoms with Crippen LogP contribution >= 0.6 is 11.3 Å². The van der Waals surface area contributed by atoms with E-state index in [9.17, 15) is 9.59 Å². The van der Waals surface area contributed by atoms with Gasteiger partial charge in [-0.15, -0.1) is 11.3 Å². The first-order chi connectivity index (χ1) is 7.63. The van der Waals surface area contributed by atoms with Crippen LogP contribution in [0.5, 0.6) is 0 Å². The van der Waals surface area contributed by atoms with Gasteiger partial charge in [-0.3, -0.25) is 4.79 Å². The number of carbonyl (C=O) groups excluding carboxylic acids is 1. The largest absolute Gasteiger partial charge is 0.480 e. The van der Waals surface area contributed by atoms with Gasteiger partial charge in [-0.2, -0.15) is 0 Å². The molecule has 0 aliphatic rings. The highest BCUT2D eigenvalue weighted by Crippen LogP contribution is 2.09. The lowest BCUT2D eigenvalue weighted by Gasteiger charge is -2.09. The van der Waals surface area contributed by atoms with Gasteiger partial charge in [0.25, 0.3) is 0 Å². The molecule has 1 heterocycles. The highest BCUT2D eigenvalue weighted by atomic mass is 32.1. The molecule has 0 aromatic carbocycles. The molecule has 0 fully saturated rings. The number of thiophene rings is 1. The average Bonchev–Trinajstić information content (AvgIpc) is 2.75. The number of carboxylic acids is 1. The topological polar surface area (TPSA) is 66.4 Å². The number of carbonyl (C=O) groups is 2. The molecular formula is C11H13NO3S. The monoisotopic (exact) mass is 239 g/mol. The van der Waals surface area contributed by atoms with Crippen LogP contribution in [-0.4, -0.2) is 23.0 Å². The fraction of sp³-hybridized carbons (Fsp3) is 0.273. The molecule has 5 heteroatoms. The van der Waals surface area contributed by atoms with Crippen LogP contribution in [0.25, 0.3) is 6.08 Å². The Kier molecular flexibility index (Phi) is 4.72. The zero-order chi connectivity index (χ0) is 12.0. The van der Waals surface area contributed by atoms with Crippen molar-refractivity contribution in [1.82, 2.24) is 5.32 Å². The molecule has 0 saturated carbocycles. The van der Waals surface area contributed by atoms with E-state index in [-0.39, 0.29) is 5.91 Å². The normalized spacial score (nSPS) is 12.6. The van der Waals surface area contributed by atoms with E-state index in [1.807, 2.05) is 17.5 Å². The summed E-state index contributed by atoms with van der Waals surface area (Å²) in [5.74, 6) is -1.40. The second kappa shape index (κ2) is 6.07. The van der Waals surface area contributed by atoms with Gasteiger partial charge in [0.2, 0.25) is 5.91 Å². The smallest absolute Gasteiger partial charge is 0.326 e. The summed E-state index contributed by atoms with van der Waals surface area (Å²) >= 11 is 1.51. The Labute approximate surface area is 97.6 Å². The Morgan fingerprint density at radius 3 is 2.88 bits per heavy atom. The maximum absolute atomic E-state index is 11.4. The number of nitrogens with one attached hydrogen (secondary N) is 1. The van der Waals surface area contributed by atoms with Gasteiger partial charge < -0.3 is 10.4 Å². The fourth-order valence-electron chi connectivity index (χ4n) is 1.10. The summed E-state index contributed by atoms with van der Waals surface area (Å²) in [6.45, 7) is 1.71. The van der Waals surface area contributed by atoms with Gasteiger partial charge in [0.05, 0.1) is 0 Å². The molecule has 0 bridgehead atoms. The van der Waals surface area contributed by atoms with Crippen LogP contribution in [-0.2, 0) is 9.59 Å². The summed E-state index contributed by atoms with van der Waals surface area (Å²) in [5.41, 5.74) is 0. The highest BCUT2D eigenvalue weighted by Gasteiger charge is 2.15. The van der Waals surface area contributed by atoms with Gasteiger partial charge in [-0.1, -0.05) is 13.0 Å². The van der Waals surface area contributed by atoms with E-state index >= 15 is 0 Å². The van der Waals surface area contributed by atoms with Crippen LogP contribution in [0.3, 0.4) is 0 Å². The first-order valence-corrected chi connectivity index (χ1v) is 5.76. The molecule has 1 aromatic heterocycles. The Hall–Kier alpha value is -1.62. The number of hydrogen-bond donors (Lipinski definition) is 2. The van der Waals surface area contributed by atoms with Gasteiger partial charge in [-0.25, -0.2) is 4.79 Å². The lowest BCUT2D eigenvalue weighted by atomic mass is 10.2. The quantitative estimate of drug-likeness (QED) is 0.769. The average molecular weight is 239 g/mol. The number of aliphatic carboxylic acids is 1. The fourth-order valence-corrected chi connectivity index (χ4v) is 1.72. The Morgan fingerprint density at radius 2 is 2.38 bits per heavy atom. The van der Waals surface area contributed by atoms with E-state index in [1.54, 1.807) is 13.0 Å². The molecule has 0 saturated heterocycles. The summed E-state index contributed by atoms with van der Waals surface area (Å²) in [4.78, 5) is 23.0. The van der Waals surface area contributed by atoms with Crippen molar-refractivity contribution in [2.24, 2.45) is 0 Å². The minimum atomic E-state index is -1.01. The summed E-state index contributed by atoms with van der Waals surface area (Å²) in [5, 5.41) is 13.1. The van der Waals surface area contributed by atoms with Crippen molar-refractivity contribution < 1.29 is 14.7 Å². The second-order valence-corrected chi connectivity index (χ2v) is 4.14. The molecule has 2 N–H and O–H groups in total. The first-order valence-electron chi connectivity index (χ1n) is 4.88.